The van der Waals surface area contributed by atoms with Crippen molar-refractivity contribution in [3.05, 3.63) is 35.3 Å². The highest BCUT2D eigenvalue weighted by molar-refractivity contribution is 7.13. The standard InChI is InChI=1S/C12H11Cl2N3O2S/c1-17(8-5-3-2-4-6-8)9(18)7-19-12-16-15-11(20-12)10(13)14/h2-6,10H,7H2,1H3. The summed E-state index contributed by atoms with van der Waals surface area (Å²) < 4.78 is 5.28. The molecule has 1 amide bonds. The Hall–Kier alpha value is -1.37. The normalized spacial score (nSPS) is 10.6. The Kier molecular flexibility index (Phi) is 5.17. The summed E-state index contributed by atoms with van der Waals surface area (Å²) in [6.07, 6.45) is 0. The van der Waals surface area contributed by atoms with E-state index in [1.165, 1.54) is 4.90 Å². The molecule has 1 aromatic carbocycles. The maximum absolute atomic E-state index is 12.0. The van der Waals surface area contributed by atoms with Crippen molar-refractivity contribution in [2.75, 3.05) is 18.6 Å². The molecule has 8 heteroatoms. The van der Waals surface area contributed by atoms with Gasteiger partial charge in [0.2, 0.25) is 0 Å². The fourth-order valence-corrected chi connectivity index (χ4v) is 2.29. The number of para-hydroxylation sites is 1. The van der Waals surface area contributed by atoms with Gasteiger partial charge in [-0.05, 0) is 12.1 Å². The van der Waals surface area contributed by atoms with Gasteiger partial charge < -0.3 is 9.64 Å². The van der Waals surface area contributed by atoms with E-state index in [2.05, 4.69) is 10.2 Å². The molecule has 20 heavy (non-hydrogen) atoms. The molecule has 0 spiro atoms. The maximum Gasteiger partial charge on any atom is 0.294 e. The Balaban J connectivity index is 1.91. The third-order valence-electron chi connectivity index (χ3n) is 2.45. The lowest BCUT2D eigenvalue weighted by Gasteiger charge is -2.16. The van der Waals surface area contributed by atoms with Crippen LogP contribution in [0.1, 0.15) is 9.84 Å². The first-order valence-electron chi connectivity index (χ1n) is 5.64. The van der Waals surface area contributed by atoms with Crippen molar-refractivity contribution in [3.8, 4) is 5.19 Å². The Labute approximate surface area is 130 Å². The van der Waals surface area contributed by atoms with E-state index in [1.54, 1.807) is 7.05 Å². The molecule has 0 bridgehead atoms. The average Bonchev–Trinajstić information content (AvgIpc) is 2.94. The number of benzene rings is 1. The van der Waals surface area contributed by atoms with Crippen LogP contribution in [0.3, 0.4) is 0 Å². The van der Waals surface area contributed by atoms with Gasteiger partial charge >= 0.3 is 0 Å². The predicted molar refractivity (Wildman–Crippen MR) is 79.7 cm³/mol. The number of rotatable bonds is 5. The number of anilines is 1. The number of hydrogen-bond donors (Lipinski definition) is 0. The van der Waals surface area contributed by atoms with Crippen LogP contribution in [0, 0.1) is 0 Å². The highest BCUT2D eigenvalue weighted by atomic mass is 35.5. The summed E-state index contributed by atoms with van der Waals surface area (Å²) in [6, 6.07) is 9.28. The minimum Gasteiger partial charge on any atom is -0.459 e. The summed E-state index contributed by atoms with van der Waals surface area (Å²) in [7, 11) is 1.68. The molecule has 106 valence electrons. The van der Waals surface area contributed by atoms with Crippen LogP contribution in [0.25, 0.3) is 0 Å². The lowest BCUT2D eigenvalue weighted by Crippen LogP contribution is -2.31. The zero-order valence-electron chi connectivity index (χ0n) is 10.5. The van der Waals surface area contributed by atoms with Crippen molar-refractivity contribution in [3.63, 3.8) is 0 Å². The zero-order chi connectivity index (χ0) is 14.5. The summed E-state index contributed by atoms with van der Waals surface area (Å²) in [5.41, 5.74) is 0.792. The minimum absolute atomic E-state index is 0.130. The number of hydrogen-bond acceptors (Lipinski definition) is 5. The number of carbonyl (C=O) groups is 1. The molecule has 0 saturated carbocycles. The lowest BCUT2D eigenvalue weighted by molar-refractivity contribution is -0.120. The van der Waals surface area contributed by atoms with Crippen LogP contribution in [-0.4, -0.2) is 29.8 Å². The Morgan fingerprint density at radius 1 is 1.35 bits per heavy atom. The van der Waals surface area contributed by atoms with Gasteiger partial charge in [0.05, 0.1) is 0 Å². The van der Waals surface area contributed by atoms with Gasteiger partial charge in [-0.2, -0.15) is 0 Å². The van der Waals surface area contributed by atoms with E-state index in [9.17, 15) is 4.79 Å². The molecule has 0 radical (unpaired) electrons. The Morgan fingerprint density at radius 3 is 2.65 bits per heavy atom. The van der Waals surface area contributed by atoms with Crippen molar-refractivity contribution >= 4 is 46.1 Å². The molecule has 0 atom stereocenters. The number of alkyl halides is 2. The van der Waals surface area contributed by atoms with Crippen molar-refractivity contribution < 1.29 is 9.53 Å². The van der Waals surface area contributed by atoms with E-state index < -0.39 is 4.84 Å². The van der Waals surface area contributed by atoms with Gasteiger partial charge in [-0.3, -0.25) is 4.79 Å². The maximum atomic E-state index is 12.0. The number of carbonyl (C=O) groups excluding carboxylic acids is 1. The van der Waals surface area contributed by atoms with Crippen LogP contribution in [0.4, 0.5) is 5.69 Å². The smallest absolute Gasteiger partial charge is 0.294 e. The molecule has 0 aliphatic rings. The van der Waals surface area contributed by atoms with E-state index in [1.807, 2.05) is 30.3 Å². The van der Waals surface area contributed by atoms with Crippen LogP contribution in [-0.2, 0) is 4.79 Å². The van der Waals surface area contributed by atoms with Crippen LogP contribution in [0.15, 0.2) is 30.3 Å². The third-order valence-corrected chi connectivity index (χ3v) is 4.02. The van der Waals surface area contributed by atoms with Crippen molar-refractivity contribution in [2.24, 2.45) is 0 Å². The second-order valence-electron chi connectivity index (χ2n) is 3.78. The molecule has 2 aromatic rings. The van der Waals surface area contributed by atoms with Crippen molar-refractivity contribution in [1.82, 2.24) is 10.2 Å². The van der Waals surface area contributed by atoms with Gasteiger partial charge in [0.1, 0.15) is 0 Å². The second-order valence-corrected chi connectivity index (χ2v) is 5.85. The summed E-state index contributed by atoms with van der Waals surface area (Å²) in [5.74, 6) is -0.193. The van der Waals surface area contributed by atoms with Gasteiger partial charge in [-0.1, -0.05) is 57.8 Å². The lowest BCUT2D eigenvalue weighted by atomic mass is 10.3. The quantitative estimate of drug-likeness (QED) is 0.790. The topological polar surface area (TPSA) is 55.3 Å². The molecule has 0 saturated heterocycles. The van der Waals surface area contributed by atoms with Gasteiger partial charge in [-0.25, -0.2) is 0 Å². The molecule has 0 aliphatic heterocycles. The molecule has 2 rings (SSSR count). The molecule has 0 aliphatic carbocycles. The van der Waals surface area contributed by atoms with E-state index in [0.29, 0.717) is 5.01 Å². The monoisotopic (exact) mass is 331 g/mol. The minimum atomic E-state index is -0.743. The SMILES string of the molecule is CN(C(=O)COc1nnc(C(Cl)Cl)s1)c1ccccc1. The fraction of sp³-hybridized carbons (Fsp3) is 0.250. The molecule has 0 unspecified atom stereocenters. The van der Waals surface area contributed by atoms with Crippen LogP contribution in [0.5, 0.6) is 5.19 Å². The number of amides is 1. The van der Waals surface area contributed by atoms with Crippen LogP contribution >= 0.6 is 34.5 Å². The molecular weight excluding hydrogens is 321 g/mol. The first kappa shape index (κ1) is 15.0. The third kappa shape index (κ3) is 3.82. The molecule has 1 aromatic heterocycles. The van der Waals surface area contributed by atoms with Crippen LogP contribution < -0.4 is 9.64 Å². The Morgan fingerprint density at radius 2 is 2.05 bits per heavy atom. The van der Waals surface area contributed by atoms with Crippen LogP contribution in [0.2, 0.25) is 0 Å². The zero-order valence-corrected chi connectivity index (χ0v) is 12.8. The molecule has 5 nitrogen and oxygen atoms in total. The molecule has 0 N–H and O–H groups in total. The van der Waals surface area contributed by atoms with Gasteiger partial charge in [0.25, 0.3) is 11.1 Å². The average molecular weight is 332 g/mol. The summed E-state index contributed by atoms with van der Waals surface area (Å²) in [5, 5.41) is 8.20. The highest BCUT2D eigenvalue weighted by Gasteiger charge is 2.15. The predicted octanol–water partition coefficient (Wildman–Crippen LogP) is 3.06. The molecule has 0 fully saturated rings. The molecule has 1 heterocycles. The first-order valence-corrected chi connectivity index (χ1v) is 7.33. The highest BCUT2D eigenvalue weighted by Crippen LogP contribution is 2.30. The number of aromatic nitrogens is 2. The summed E-state index contributed by atoms with van der Waals surface area (Å²) >= 11 is 12.4. The number of ether oxygens (including phenoxy) is 1. The van der Waals surface area contributed by atoms with Crippen molar-refractivity contribution in [1.29, 1.82) is 0 Å². The second kappa shape index (κ2) is 6.88. The van der Waals surface area contributed by atoms with Gasteiger partial charge in [0, 0.05) is 12.7 Å². The van der Waals surface area contributed by atoms with Gasteiger partial charge in [-0.15, -0.1) is 5.10 Å². The van der Waals surface area contributed by atoms with E-state index in [0.717, 1.165) is 17.0 Å². The van der Waals surface area contributed by atoms with Gasteiger partial charge in [0.15, 0.2) is 16.5 Å². The summed E-state index contributed by atoms with van der Waals surface area (Å²) in [4.78, 5) is 12.7. The number of likely N-dealkylation sites (N-methyl/N-ethyl adjacent to an activating group) is 1. The fourth-order valence-electron chi connectivity index (χ4n) is 1.38. The van der Waals surface area contributed by atoms with E-state index in [4.69, 9.17) is 27.9 Å². The largest absolute Gasteiger partial charge is 0.459 e. The summed E-state index contributed by atoms with van der Waals surface area (Å²) in [6.45, 7) is -0.130. The molecular formula is C12H11Cl2N3O2S. The van der Waals surface area contributed by atoms with E-state index in [-0.39, 0.29) is 17.7 Å². The first-order chi connectivity index (χ1) is 9.58. The number of halogens is 2. The Bertz CT molecular complexity index is 577. The van der Waals surface area contributed by atoms with E-state index >= 15 is 0 Å². The number of nitrogens with zero attached hydrogens (tertiary/aromatic N) is 3. The van der Waals surface area contributed by atoms with Crippen molar-refractivity contribution in [2.45, 2.75) is 4.84 Å².